The van der Waals surface area contributed by atoms with Crippen molar-refractivity contribution in [1.29, 1.82) is 0 Å². The summed E-state index contributed by atoms with van der Waals surface area (Å²) in [5.41, 5.74) is 5.06. The molecule has 8 heteroatoms. The number of likely N-dealkylation sites (tertiary alicyclic amines) is 1. The van der Waals surface area contributed by atoms with Gasteiger partial charge in [0.2, 0.25) is 17.7 Å². The minimum atomic E-state index is -0.312. The first-order valence-electron chi connectivity index (χ1n) is 8.10. The van der Waals surface area contributed by atoms with Crippen LogP contribution in [0.1, 0.15) is 46.0 Å². The molecule has 0 spiro atoms. The van der Waals surface area contributed by atoms with Gasteiger partial charge in [-0.25, -0.2) is 0 Å². The molecule has 2 fully saturated rings. The van der Waals surface area contributed by atoms with Gasteiger partial charge in [-0.15, -0.1) is 0 Å². The molecule has 7 nitrogen and oxygen atoms in total. The molecule has 2 aliphatic rings. The van der Waals surface area contributed by atoms with Gasteiger partial charge in [-0.05, 0) is 38.9 Å². The number of carbonyl (C=O) groups is 3. The zero-order valence-electron chi connectivity index (χ0n) is 13.6. The number of hydrogen-bond donors (Lipinski definition) is 3. The maximum absolute atomic E-state index is 12.3. The average molecular weight is 340 g/mol. The molecule has 2 rings (SSSR count). The zero-order valence-corrected chi connectivity index (χ0v) is 14.4. The van der Waals surface area contributed by atoms with Gasteiger partial charge in [0.1, 0.15) is 0 Å². The van der Waals surface area contributed by atoms with Crippen LogP contribution in [0, 0.1) is 11.8 Å². The standard InChI is InChI=1S/C15H24N4O3S/c1-9(2)16-15(23)18-17-12(20)7-8-19-13(21)10-5-3-4-6-11(10)14(19)22/h9-11H,3-8H2,1-2H3,(H,17,20)(H2,16,18,23)/t10-,11-/m0/s1. The number of hydrazine groups is 1. The lowest BCUT2D eigenvalue weighted by molar-refractivity contribution is -0.140. The maximum Gasteiger partial charge on any atom is 0.240 e. The molecule has 1 heterocycles. The topological polar surface area (TPSA) is 90.5 Å². The molecule has 1 aliphatic heterocycles. The molecule has 1 saturated carbocycles. The maximum atomic E-state index is 12.3. The molecule has 23 heavy (non-hydrogen) atoms. The van der Waals surface area contributed by atoms with Gasteiger partial charge in [0.25, 0.3) is 0 Å². The minimum absolute atomic E-state index is 0.0637. The Morgan fingerprint density at radius 3 is 2.26 bits per heavy atom. The molecule has 128 valence electrons. The predicted molar refractivity (Wildman–Crippen MR) is 88.9 cm³/mol. The van der Waals surface area contributed by atoms with Crippen LogP contribution in [0.3, 0.4) is 0 Å². The van der Waals surface area contributed by atoms with Gasteiger partial charge < -0.3 is 5.32 Å². The lowest BCUT2D eigenvalue weighted by Crippen LogP contribution is -2.49. The van der Waals surface area contributed by atoms with Gasteiger partial charge in [0.15, 0.2) is 5.11 Å². The summed E-state index contributed by atoms with van der Waals surface area (Å²) in [7, 11) is 0. The van der Waals surface area contributed by atoms with E-state index in [4.69, 9.17) is 12.2 Å². The Bertz CT molecular complexity index is 485. The Kier molecular flexibility index (Phi) is 5.92. The molecule has 2 atom stereocenters. The van der Waals surface area contributed by atoms with Crippen LogP contribution in [-0.4, -0.2) is 40.3 Å². The Balaban J connectivity index is 1.77. The SMILES string of the molecule is CC(C)NC(=S)NNC(=O)CCN1C(=O)[C@H]2CCCC[C@@H]2C1=O. The molecular formula is C15H24N4O3S. The predicted octanol–water partition coefficient (Wildman–Crippen LogP) is 0.455. The number of hydrogen-bond acceptors (Lipinski definition) is 4. The van der Waals surface area contributed by atoms with Crippen LogP contribution in [0.4, 0.5) is 0 Å². The smallest absolute Gasteiger partial charge is 0.240 e. The summed E-state index contributed by atoms with van der Waals surface area (Å²) in [4.78, 5) is 37.6. The quantitative estimate of drug-likeness (QED) is 0.391. The highest BCUT2D eigenvalue weighted by Gasteiger charge is 2.47. The van der Waals surface area contributed by atoms with Gasteiger partial charge in [0.05, 0.1) is 11.8 Å². The highest BCUT2D eigenvalue weighted by Crippen LogP contribution is 2.37. The van der Waals surface area contributed by atoms with Crippen molar-refractivity contribution < 1.29 is 14.4 Å². The van der Waals surface area contributed by atoms with Crippen LogP contribution in [0.25, 0.3) is 0 Å². The molecule has 0 aromatic carbocycles. The van der Waals surface area contributed by atoms with Crippen molar-refractivity contribution in [2.24, 2.45) is 11.8 Å². The van der Waals surface area contributed by atoms with Gasteiger partial charge in [-0.3, -0.25) is 30.1 Å². The van der Waals surface area contributed by atoms with Crippen molar-refractivity contribution in [3.63, 3.8) is 0 Å². The van der Waals surface area contributed by atoms with E-state index in [1.54, 1.807) is 0 Å². The largest absolute Gasteiger partial charge is 0.359 e. The molecule has 0 bridgehead atoms. The fourth-order valence-corrected chi connectivity index (χ4v) is 3.44. The van der Waals surface area contributed by atoms with E-state index in [2.05, 4.69) is 16.2 Å². The zero-order chi connectivity index (χ0) is 17.0. The van der Waals surface area contributed by atoms with E-state index in [9.17, 15) is 14.4 Å². The normalized spacial score (nSPS) is 23.7. The molecule has 1 aliphatic carbocycles. The summed E-state index contributed by atoms with van der Waals surface area (Å²) in [5.74, 6) is -0.871. The van der Waals surface area contributed by atoms with E-state index in [1.165, 1.54) is 4.90 Å². The van der Waals surface area contributed by atoms with Crippen molar-refractivity contribution in [2.45, 2.75) is 52.0 Å². The van der Waals surface area contributed by atoms with E-state index in [-0.39, 0.29) is 48.6 Å². The fourth-order valence-electron chi connectivity index (χ4n) is 3.15. The minimum Gasteiger partial charge on any atom is -0.359 e. The summed E-state index contributed by atoms with van der Waals surface area (Å²) in [6, 6.07) is 0.162. The van der Waals surface area contributed by atoms with E-state index in [0.29, 0.717) is 5.11 Å². The molecule has 1 saturated heterocycles. The number of fused-ring (bicyclic) bond motifs is 1. The van der Waals surface area contributed by atoms with Crippen molar-refractivity contribution in [3.05, 3.63) is 0 Å². The molecule has 0 radical (unpaired) electrons. The number of rotatable bonds is 4. The second kappa shape index (κ2) is 7.72. The van der Waals surface area contributed by atoms with Crippen molar-refractivity contribution >= 4 is 35.1 Å². The van der Waals surface area contributed by atoms with Crippen LogP contribution >= 0.6 is 12.2 Å². The number of nitrogens with one attached hydrogen (secondary N) is 3. The summed E-state index contributed by atoms with van der Waals surface area (Å²) in [5, 5.41) is 3.26. The van der Waals surface area contributed by atoms with Crippen molar-refractivity contribution in [2.75, 3.05) is 6.54 Å². The molecular weight excluding hydrogens is 316 g/mol. The lowest BCUT2D eigenvalue weighted by atomic mass is 9.81. The van der Waals surface area contributed by atoms with E-state index in [0.717, 1.165) is 25.7 Å². The van der Waals surface area contributed by atoms with Crippen LogP contribution in [0.5, 0.6) is 0 Å². The highest BCUT2D eigenvalue weighted by atomic mass is 32.1. The second-order valence-electron chi connectivity index (χ2n) is 6.38. The monoisotopic (exact) mass is 340 g/mol. The summed E-state index contributed by atoms with van der Waals surface area (Å²) >= 11 is 4.99. The molecule has 0 unspecified atom stereocenters. The van der Waals surface area contributed by atoms with Gasteiger partial charge in [-0.1, -0.05) is 12.8 Å². The van der Waals surface area contributed by atoms with E-state index in [1.807, 2.05) is 13.8 Å². The van der Waals surface area contributed by atoms with Gasteiger partial charge in [-0.2, -0.15) is 0 Å². The highest BCUT2D eigenvalue weighted by molar-refractivity contribution is 7.80. The second-order valence-corrected chi connectivity index (χ2v) is 6.79. The molecule has 3 amide bonds. The van der Waals surface area contributed by atoms with E-state index < -0.39 is 0 Å². The Morgan fingerprint density at radius 1 is 1.17 bits per heavy atom. The van der Waals surface area contributed by atoms with Crippen molar-refractivity contribution in [1.82, 2.24) is 21.1 Å². The molecule has 0 aromatic heterocycles. The molecule has 0 aromatic rings. The number of amides is 3. The Labute approximate surface area is 141 Å². The summed E-state index contributed by atoms with van der Waals surface area (Å²) in [6.07, 6.45) is 3.63. The average Bonchev–Trinajstić information content (AvgIpc) is 2.75. The Hall–Kier alpha value is -1.70. The van der Waals surface area contributed by atoms with Crippen LogP contribution in [-0.2, 0) is 14.4 Å². The first kappa shape index (κ1) is 17.7. The van der Waals surface area contributed by atoms with Crippen LogP contribution in [0.15, 0.2) is 0 Å². The van der Waals surface area contributed by atoms with Crippen molar-refractivity contribution in [3.8, 4) is 0 Å². The third-order valence-corrected chi connectivity index (χ3v) is 4.45. The van der Waals surface area contributed by atoms with Crippen LogP contribution < -0.4 is 16.2 Å². The number of imide groups is 1. The third-order valence-electron chi connectivity index (χ3n) is 4.23. The molecule has 3 N–H and O–H groups in total. The van der Waals surface area contributed by atoms with Gasteiger partial charge in [0, 0.05) is 19.0 Å². The number of carbonyl (C=O) groups excluding carboxylic acids is 3. The van der Waals surface area contributed by atoms with E-state index >= 15 is 0 Å². The summed E-state index contributed by atoms with van der Waals surface area (Å²) in [6.45, 7) is 3.99. The number of nitrogens with zero attached hydrogens (tertiary/aromatic N) is 1. The summed E-state index contributed by atoms with van der Waals surface area (Å²) < 4.78 is 0. The first-order chi connectivity index (χ1) is 10.9. The number of thiocarbonyl (C=S) groups is 1. The first-order valence-corrected chi connectivity index (χ1v) is 8.51. The fraction of sp³-hybridized carbons (Fsp3) is 0.733. The van der Waals surface area contributed by atoms with Crippen LogP contribution in [0.2, 0.25) is 0 Å². The Morgan fingerprint density at radius 2 is 1.74 bits per heavy atom. The third kappa shape index (κ3) is 4.40. The van der Waals surface area contributed by atoms with Gasteiger partial charge >= 0.3 is 0 Å². The lowest BCUT2D eigenvalue weighted by Gasteiger charge is -2.19.